The molecule has 58 valence electrons. The highest BCUT2D eigenvalue weighted by Crippen LogP contribution is 2.19. The van der Waals surface area contributed by atoms with E-state index in [2.05, 4.69) is 0 Å². The highest BCUT2D eigenvalue weighted by molar-refractivity contribution is 5.77. The van der Waals surface area contributed by atoms with Gasteiger partial charge in [0, 0.05) is 6.61 Å². The van der Waals surface area contributed by atoms with Gasteiger partial charge in [0.15, 0.2) is 0 Å². The molecular weight excluding hydrogens is 130 g/mol. The van der Waals surface area contributed by atoms with E-state index < -0.39 is 0 Å². The van der Waals surface area contributed by atoms with Gasteiger partial charge in [-0.05, 0) is 19.8 Å². The van der Waals surface area contributed by atoms with Crippen LogP contribution in [0.2, 0.25) is 0 Å². The van der Waals surface area contributed by atoms with E-state index in [1.807, 2.05) is 6.92 Å². The molecule has 3 nitrogen and oxygen atoms in total. The predicted octanol–water partition coefficient (Wildman–Crippen LogP) is 0.287. The molecule has 2 N–H and O–H groups in total. The van der Waals surface area contributed by atoms with Gasteiger partial charge in [0.25, 0.3) is 0 Å². The summed E-state index contributed by atoms with van der Waals surface area (Å²) in [6.07, 6.45) is 1.86. The number of primary amides is 1. The summed E-state index contributed by atoms with van der Waals surface area (Å²) in [4.78, 5) is 10.7. The Morgan fingerprint density at radius 3 is 2.80 bits per heavy atom. The monoisotopic (exact) mass is 143 g/mol. The van der Waals surface area contributed by atoms with Crippen molar-refractivity contribution >= 4 is 5.91 Å². The maximum atomic E-state index is 10.7. The molecule has 0 aromatic carbocycles. The van der Waals surface area contributed by atoms with Crippen molar-refractivity contribution in [3.63, 3.8) is 0 Å². The van der Waals surface area contributed by atoms with Gasteiger partial charge in [-0.1, -0.05) is 0 Å². The first-order valence-electron chi connectivity index (χ1n) is 3.62. The lowest BCUT2D eigenvalue weighted by atomic mass is 9.95. The van der Waals surface area contributed by atoms with E-state index in [1.165, 1.54) is 0 Å². The lowest BCUT2D eigenvalue weighted by molar-refractivity contribution is -0.129. The third kappa shape index (κ3) is 1.48. The minimum absolute atomic E-state index is 0.0197. The normalized spacial score (nSPS) is 33.7. The third-order valence-corrected chi connectivity index (χ3v) is 1.97. The number of ether oxygens (including phenoxy) is 1. The summed E-state index contributed by atoms with van der Waals surface area (Å²) in [6.45, 7) is 2.67. The Bertz CT molecular complexity index is 136. The van der Waals surface area contributed by atoms with Gasteiger partial charge in [-0.15, -0.1) is 0 Å². The molecule has 0 aromatic rings. The van der Waals surface area contributed by atoms with Gasteiger partial charge in [-0.25, -0.2) is 0 Å². The fourth-order valence-corrected chi connectivity index (χ4v) is 1.30. The van der Waals surface area contributed by atoms with Crippen molar-refractivity contribution in [1.82, 2.24) is 0 Å². The number of carbonyl (C=O) groups excluding carboxylic acids is 1. The van der Waals surface area contributed by atoms with E-state index >= 15 is 0 Å². The summed E-state index contributed by atoms with van der Waals surface area (Å²) in [5.74, 6) is -0.291. The fraction of sp³-hybridized carbons (Fsp3) is 0.857. The van der Waals surface area contributed by atoms with Crippen LogP contribution >= 0.6 is 0 Å². The molecule has 0 aromatic heterocycles. The summed E-state index contributed by atoms with van der Waals surface area (Å²) in [6, 6.07) is 0. The average Bonchev–Trinajstić information content (AvgIpc) is 1.88. The molecule has 0 aliphatic carbocycles. The lowest BCUT2D eigenvalue weighted by Crippen LogP contribution is -2.36. The summed E-state index contributed by atoms with van der Waals surface area (Å²) in [5.41, 5.74) is 5.14. The van der Waals surface area contributed by atoms with Crippen molar-refractivity contribution in [2.24, 2.45) is 11.7 Å². The van der Waals surface area contributed by atoms with Crippen molar-refractivity contribution < 1.29 is 9.53 Å². The van der Waals surface area contributed by atoms with E-state index in [0.29, 0.717) is 0 Å². The van der Waals surface area contributed by atoms with E-state index in [0.717, 1.165) is 19.4 Å². The van der Waals surface area contributed by atoms with Crippen LogP contribution in [0.5, 0.6) is 0 Å². The number of hydrogen-bond donors (Lipinski definition) is 1. The molecule has 2 unspecified atom stereocenters. The van der Waals surface area contributed by atoms with Gasteiger partial charge < -0.3 is 10.5 Å². The van der Waals surface area contributed by atoms with E-state index in [4.69, 9.17) is 10.5 Å². The maximum absolute atomic E-state index is 10.7. The first-order valence-corrected chi connectivity index (χ1v) is 3.62. The molecule has 2 atom stereocenters. The topological polar surface area (TPSA) is 52.3 Å². The molecule has 0 spiro atoms. The van der Waals surface area contributed by atoms with Crippen LogP contribution in [0, 0.1) is 5.92 Å². The SMILES string of the molecule is CC1OCCCC1C(N)=O. The molecule has 0 saturated carbocycles. The summed E-state index contributed by atoms with van der Waals surface area (Å²) >= 11 is 0. The molecule has 1 aliphatic heterocycles. The summed E-state index contributed by atoms with van der Waals surface area (Å²) in [7, 11) is 0. The summed E-state index contributed by atoms with van der Waals surface area (Å²) in [5, 5.41) is 0. The molecule has 1 saturated heterocycles. The van der Waals surface area contributed by atoms with Crippen molar-refractivity contribution in [3.05, 3.63) is 0 Å². The first-order chi connectivity index (χ1) is 4.72. The van der Waals surface area contributed by atoms with Crippen molar-refractivity contribution in [2.45, 2.75) is 25.9 Å². The van der Waals surface area contributed by atoms with Gasteiger partial charge in [-0.3, -0.25) is 4.79 Å². The quantitative estimate of drug-likeness (QED) is 0.573. The number of hydrogen-bond acceptors (Lipinski definition) is 2. The highest BCUT2D eigenvalue weighted by Gasteiger charge is 2.26. The van der Waals surface area contributed by atoms with Gasteiger partial charge >= 0.3 is 0 Å². The van der Waals surface area contributed by atoms with Gasteiger partial charge in [-0.2, -0.15) is 0 Å². The smallest absolute Gasteiger partial charge is 0.223 e. The zero-order valence-corrected chi connectivity index (χ0v) is 6.17. The second-order valence-corrected chi connectivity index (χ2v) is 2.73. The maximum Gasteiger partial charge on any atom is 0.223 e. The standard InChI is InChI=1S/C7H13NO2/c1-5-6(7(8)9)3-2-4-10-5/h5-6H,2-4H2,1H3,(H2,8,9). The second-order valence-electron chi connectivity index (χ2n) is 2.73. The van der Waals surface area contributed by atoms with Gasteiger partial charge in [0.2, 0.25) is 5.91 Å². The van der Waals surface area contributed by atoms with Gasteiger partial charge in [0.1, 0.15) is 0 Å². The number of carbonyl (C=O) groups is 1. The highest BCUT2D eigenvalue weighted by atomic mass is 16.5. The average molecular weight is 143 g/mol. The van der Waals surface area contributed by atoms with E-state index in [-0.39, 0.29) is 17.9 Å². The van der Waals surface area contributed by atoms with Crippen LogP contribution in [-0.2, 0) is 9.53 Å². The largest absolute Gasteiger partial charge is 0.378 e. The summed E-state index contributed by atoms with van der Waals surface area (Å²) < 4.78 is 5.25. The Balaban J connectivity index is 2.47. The Morgan fingerprint density at radius 2 is 2.40 bits per heavy atom. The second kappa shape index (κ2) is 3.01. The first kappa shape index (κ1) is 7.54. The molecule has 3 heteroatoms. The van der Waals surface area contributed by atoms with Crippen LogP contribution in [0.4, 0.5) is 0 Å². The van der Waals surface area contributed by atoms with Crippen LogP contribution in [-0.4, -0.2) is 18.6 Å². The zero-order valence-electron chi connectivity index (χ0n) is 6.17. The molecule has 1 rings (SSSR count). The molecular formula is C7H13NO2. The van der Waals surface area contributed by atoms with Crippen LogP contribution in [0.1, 0.15) is 19.8 Å². The lowest BCUT2D eigenvalue weighted by Gasteiger charge is -2.26. The number of amides is 1. The van der Waals surface area contributed by atoms with Crippen LogP contribution in [0.25, 0.3) is 0 Å². The number of rotatable bonds is 1. The van der Waals surface area contributed by atoms with Crippen molar-refractivity contribution in [1.29, 1.82) is 0 Å². The van der Waals surface area contributed by atoms with Crippen LogP contribution < -0.4 is 5.73 Å². The minimum atomic E-state index is -0.229. The zero-order chi connectivity index (χ0) is 7.56. The molecule has 10 heavy (non-hydrogen) atoms. The predicted molar refractivity (Wildman–Crippen MR) is 37.3 cm³/mol. The minimum Gasteiger partial charge on any atom is -0.378 e. The van der Waals surface area contributed by atoms with E-state index in [1.54, 1.807) is 0 Å². The fourth-order valence-electron chi connectivity index (χ4n) is 1.30. The van der Waals surface area contributed by atoms with Gasteiger partial charge in [0.05, 0.1) is 12.0 Å². The molecule has 0 radical (unpaired) electrons. The van der Waals surface area contributed by atoms with Crippen LogP contribution in [0.15, 0.2) is 0 Å². The molecule has 1 amide bonds. The third-order valence-electron chi connectivity index (χ3n) is 1.97. The Labute approximate surface area is 60.5 Å². The van der Waals surface area contributed by atoms with Crippen LogP contribution in [0.3, 0.4) is 0 Å². The molecule has 0 bridgehead atoms. The van der Waals surface area contributed by atoms with Crippen molar-refractivity contribution in [3.8, 4) is 0 Å². The number of nitrogens with two attached hydrogens (primary N) is 1. The molecule has 1 aliphatic rings. The van der Waals surface area contributed by atoms with Crippen molar-refractivity contribution in [2.75, 3.05) is 6.61 Å². The van der Waals surface area contributed by atoms with E-state index in [9.17, 15) is 4.79 Å². The molecule has 1 fully saturated rings. The Morgan fingerprint density at radius 1 is 1.70 bits per heavy atom. The Kier molecular flexibility index (Phi) is 2.27. The molecule has 1 heterocycles. The Hall–Kier alpha value is -0.570.